The van der Waals surface area contributed by atoms with Gasteiger partial charge in [-0.3, -0.25) is 9.59 Å². The average Bonchev–Trinajstić information content (AvgIpc) is 3.50. The van der Waals surface area contributed by atoms with Crippen molar-refractivity contribution in [3.63, 3.8) is 0 Å². The molecule has 2 N–H and O–H groups in total. The number of anilines is 1. The molecule has 2 amide bonds. The largest absolute Gasteiger partial charge is 0.422 e. The van der Waals surface area contributed by atoms with E-state index >= 15 is 0 Å². The first-order valence-electron chi connectivity index (χ1n) is 14.4. The summed E-state index contributed by atoms with van der Waals surface area (Å²) in [5.74, 6) is 0.382. The maximum Gasteiger partial charge on any atom is 0.416 e. The highest BCUT2D eigenvalue weighted by molar-refractivity contribution is 5.95. The number of hydrogen-bond acceptors (Lipinski definition) is 9. The molecule has 0 spiro atoms. The molecule has 0 atom stereocenters. The van der Waals surface area contributed by atoms with Gasteiger partial charge in [0, 0.05) is 39.5 Å². The number of nitrogens with zero attached hydrogens (tertiary/aromatic N) is 3. The van der Waals surface area contributed by atoms with Crippen molar-refractivity contribution in [2.75, 3.05) is 57.5 Å². The van der Waals surface area contributed by atoms with Crippen LogP contribution in [-0.2, 0) is 36.7 Å². The fourth-order valence-electron chi connectivity index (χ4n) is 4.68. The number of halogens is 3. The Balaban J connectivity index is 1.35. The van der Waals surface area contributed by atoms with Crippen molar-refractivity contribution >= 4 is 23.5 Å². The van der Waals surface area contributed by atoms with Crippen LogP contribution in [0.25, 0.3) is 0 Å². The molecule has 0 bridgehead atoms. The molecule has 0 aliphatic carbocycles. The quantitative estimate of drug-likeness (QED) is 0.261. The predicted octanol–water partition coefficient (Wildman–Crippen LogP) is 3.53. The van der Waals surface area contributed by atoms with Crippen LogP contribution in [-0.4, -0.2) is 75.1 Å². The highest BCUT2D eigenvalue weighted by atomic mass is 19.4. The van der Waals surface area contributed by atoms with Crippen molar-refractivity contribution in [1.29, 1.82) is 0 Å². The van der Waals surface area contributed by atoms with Crippen LogP contribution in [0.5, 0.6) is 0 Å². The fourth-order valence-corrected chi connectivity index (χ4v) is 4.68. The summed E-state index contributed by atoms with van der Waals surface area (Å²) in [7, 11) is 0. The number of rotatable bonds is 13. The number of carbonyl (C=O) groups is 2. The Labute approximate surface area is 248 Å². The van der Waals surface area contributed by atoms with Crippen molar-refractivity contribution in [3.05, 3.63) is 47.3 Å². The number of hydrogen-bond donors (Lipinski definition) is 2. The van der Waals surface area contributed by atoms with E-state index in [-0.39, 0.29) is 43.3 Å². The summed E-state index contributed by atoms with van der Waals surface area (Å²) >= 11 is 0. The molecule has 0 unspecified atom stereocenters. The van der Waals surface area contributed by atoms with Crippen LogP contribution in [0.15, 0.2) is 40.0 Å². The topological polar surface area (TPSA) is 128 Å². The first-order valence-corrected chi connectivity index (χ1v) is 14.4. The fraction of sp³-hybridized carbons (Fsp3) is 0.586. The first kappa shape index (κ1) is 32.3. The monoisotopic (exact) mass is 609 g/mol. The molecule has 2 aromatic rings. The predicted molar refractivity (Wildman–Crippen MR) is 150 cm³/mol. The Morgan fingerprint density at radius 2 is 1.49 bits per heavy atom. The third kappa shape index (κ3) is 10.5. The normalized spacial score (nSPS) is 17.0. The second-order valence-corrected chi connectivity index (χ2v) is 10.7. The minimum atomic E-state index is -4.41. The molecule has 4 rings (SSSR count). The van der Waals surface area contributed by atoms with Crippen LogP contribution < -0.4 is 15.5 Å². The lowest BCUT2D eigenvalue weighted by molar-refractivity contribution is -0.137. The molecule has 3 heterocycles. The number of oxime groups is 1. The van der Waals surface area contributed by atoms with Gasteiger partial charge in [0.1, 0.15) is 25.4 Å². The molecule has 43 heavy (non-hydrogen) atoms. The van der Waals surface area contributed by atoms with E-state index in [1.165, 1.54) is 23.2 Å². The van der Waals surface area contributed by atoms with E-state index in [0.717, 1.165) is 37.8 Å². The number of oxazole rings is 1. The van der Waals surface area contributed by atoms with Crippen molar-refractivity contribution in [2.24, 2.45) is 17.0 Å². The zero-order chi connectivity index (χ0) is 30.7. The summed E-state index contributed by atoms with van der Waals surface area (Å²) < 4.78 is 54.9. The summed E-state index contributed by atoms with van der Waals surface area (Å²) in [5.41, 5.74) is 0.0790. The Hall–Kier alpha value is -3.65. The Morgan fingerprint density at radius 3 is 2.00 bits per heavy atom. The Kier molecular flexibility index (Phi) is 11.8. The second kappa shape index (κ2) is 15.7. The smallest absolute Gasteiger partial charge is 0.416 e. The molecule has 1 aromatic heterocycles. The molecule has 2 fully saturated rings. The number of amides is 2. The van der Waals surface area contributed by atoms with Gasteiger partial charge in [-0.25, -0.2) is 4.98 Å². The molecule has 2 aliphatic heterocycles. The number of benzene rings is 1. The highest BCUT2D eigenvalue weighted by Crippen LogP contribution is 2.29. The number of alkyl halides is 3. The van der Waals surface area contributed by atoms with Gasteiger partial charge >= 0.3 is 6.18 Å². The maximum atomic E-state index is 12.8. The molecule has 11 nitrogen and oxygen atoms in total. The van der Waals surface area contributed by atoms with Crippen molar-refractivity contribution in [3.8, 4) is 0 Å². The maximum absolute atomic E-state index is 12.8. The van der Waals surface area contributed by atoms with Crippen molar-refractivity contribution < 1.29 is 41.5 Å². The van der Waals surface area contributed by atoms with E-state index in [2.05, 4.69) is 20.8 Å². The van der Waals surface area contributed by atoms with E-state index in [9.17, 15) is 22.8 Å². The SMILES string of the molecule is C/C(=N\OCc1ccc(C(F)(F)F)cc1)c1cnc(N(CC(=O)NCC2CCOCC2)CC(=O)NCC2CCOCC2)o1. The van der Waals surface area contributed by atoms with E-state index in [1.807, 2.05) is 0 Å². The molecule has 0 saturated carbocycles. The average molecular weight is 610 g/mol. The van der Waals surface area contributed by atoms with E-state index in [4.69, 9.17) is 18.7 Å². The Morgan fingerprint density at radius 1 is 0.953 bits per heavy atom. The molecular formula is C29H38F3N5O6. The van der Waals surface area contributed by atoms with E-state index < -0.39 is 11.7 Å². The van der Waals surface area contributed by atoms with Crippen LogP contribution in [0, 0.1) is 11.8 Å². The molecule has 2 aliphatic rings. The molecule has 236 valence electrons. The zero-order valence-electron chi connectivity index (χ0n) is 24.2. The molecule has 14 heteroatoms. The minimum absolute atomic E-state index is 0.0524. The van der Waals surface area contributed by atoms with Gasteiger partial charge in [0.2, 0.25) is 11.8 Å². The van der Waals surface area contributed by atoms with Gasteiger partial charge in [-0.15, -0.1) is 0 Å². The van der Waals surface area contributed by atoms with E-state index in [1.54, 1.807) is 6.92 Å². The standard InChI is InChI=1S/C29H38F3N5O6/c1-20(36-42-19-23-2-4-24(5-3-23)29(30,31)32)25-16-35-28(43-25)37(17-26(38)33-14-21-6-10-40-11-7-21)18-27(39)34-15-22-8-12-41-13-9-22/h2-5,16,21-22H,6-15,17-19H2,1H3,(H,33,38)(H,34,39)/b36-20+. The minimum Gasteiger partial charge on any atom is -0.422 e. The Bertz CT molecular complexity index is 1170. The third-order valence-corrected chi connectivity index (χ3v) is 7.36. The first-order chi connectivity index (χ1) is 20.7. The lowest BCUT2D eigenvalue weighted by Crippen LogP contribution is -2.45. The lowest BCUT2D eigenvalue weighted by atomic mass is 10.0. The second-order valence-electron chi connectivity index (χ2n) is 10.7. The van der Waals surface area contributed by atoms with Crippen molar-refractivity contribution in [1.82, 2.24) is 15.6 Å². The van der Waals surface area contributed by atoms with Crippen LogP contribution >= 0.6 is 0 Å². The lowest BCUT2D eigenvalue weighted by Gasteiger charge is -2.24. The van der Waals surface area contributed by atoms with Crippen molar-refractivity contribution in [2.45, 2.75) is 45.4 Å². The van der Waals surface area contributed by atoms with Gasteiger partial charge in [0.15, 0.2) is 5.76 Å². The van der Waals surface area contributed by atoms with Gasteiger partial charge in [-0.1, -0.05) is 17.3 Å². The summed E-state index contributed by atoms with van der Waals surface area (Å²) in [6.45, 7) is 5.01. The van der Waals surface area contributed by atoms with Gasteiger partial charge in [-0.05, 0) is 62.1 Å². The van der Waals surface area contributed by atoms with E-state index in [0.29, 0.717) is 62.6 Å². The molecule has 1 aromatic carbocycles. The number of nitrogens with one attached hydrogen (secondary N) is 2. The third-order valence-electron chi connectivity index (χ3n) is 7.36. The van der Waals surface area contributed by atoms with Crippen LogP contribution in [0.4, 0.5) is 19.2 Å². The number of carbonyl (C=O) groups excluding carboxylic acids is 2. The molecule has 0 radical (unpaired) electrons. The van der Waals surface area contributed by atoms with Gasteiger partial charge in [0.05, 0.1) is 11.8 Å². The zero-order valence-corrected chi connectivity index (χ0v) is 24.2. The summed E-state index contributed by atoms with van der Waals surface area (Å²) in [5, 5.41) is 9.85. The summed E-state index contributed by atoms with van der Waals surface area (Å²) in [4.78, 5) is 36.7. The summed E-state index contributed by atoms with van der Waals surface area (Å²) in [6.07, 6.45) is 0.497. The van der Waals surface area contributed by atoms with Gasteiger partial charge < -0.3 is 34.3 Å². The summed E-state index contributed by atoms with van der Waals surface area (Å²) in [6, 6.07) is 4.66. The van der Waals surface area contributed by atoms with Gasteiger partial charge in [0.25, 0.3) is 6.01 Å². The van der Waals surface area contributed by atoms with Gasteiger partial charge in [-0.2, -0.15) is 13.2 Å². The van der Waals surface area contributed by atoms with Crippen LogP contribution in [0.2, 0.25) is 0 Å². The molecule has 2 saturated heterocycles. The van der Waals surface area contributed by atoms with Crippen LogP contribution in [0.3, 0.4) is 0 Å². The molecular weight excluding hydrogens is 571 g/mol. The number of aromatic nitrogens is 1. The van der Waals surface area contributed by atoms with Crippen LogP contribution in [0.1, 0.15) is 49.5 Å². The highest BCUT2D eigenvalue weighted by Gasteiger charge is 2.30. The number of ether oxygens (including phenoxy) is 2.